The molecule has 0 bridgehead atoms. The molecule has 0 unspecified atom stereocenters. The normalized spacial score (nSPS) is 11.9. The van der Waals surface area contributed by atoms with Crippen LogP contribution in [-0.4, -0.2) is 19.5 Å². The number of nitrogens with zero attached hydrogens (tertiary/aromatic N) is 4. The Morgan fingerprint density at radius 2 is 1.00 bits per heavy atom. The molecule has 0 amide bonds. The second-order valence-corrected chi connectivity index (χ2v) is 15.4. The Balaban J connectivity index is 1.00. The van der Waals surface area contributed by atoms with Crippen LogP contribution in [0.5, 0.6) is 0 Å². The molecular formula is C51H30N4OS. The van der Waals surface area contributed by atoms with Crippen molar-refractivity contribution >= 4 is 75.3 Å². The summed E-state index contributed by atoms with van der Waals surface area (Å²) < 4.78 is 11.2. The average molecular weight is 747 g/mol. The van der Waals surface area contributed by atoms with Gasteiger partial charge in [-0.2, -0.15) is 0 Å². The Kier molecular flexibility index (Phi) is 7.03. The van der Waals surface area contributed by atoms with Gasteiger partial charge in [-0.3, -0.25) is 0 Å². The predicted octanol–water partition coefficient (Wildman–Crippen LogP) is 13.9. The summed E-state index contributed by atoms with van der Waals surface area (Å²) in [5, 5.41) is 7.07. The molecule has 12 rings (SSSR count). The van der Waals surface area contributed by atoms with Crippen LogP contribution in [0.3, 0.4) is 0 Å². The quantitative estimate of drug-likeness (QED) is 0.176. The number of para-hydroxylation sites is 4. The van der Waals surface area contributed by atoms with Crippen molar-refractivity contribution in [3.8, 4) is 51.0 Å². The van der Waals surface area contributed by atoms with Crippen LogP contribution in [0.1, 0.15) is 0 Å². The van der Waals surface area contributed by atoms with Gasteiger partial charge in [0, 0.05) is 58.5 Å². The minimum absolute atomic E-state index is 0.576. The van der Waals surface area contributed by atoms with Gasteiger partial charge in [0.25, 0.3) is 0 Å². The molecule has 4 heterocycles. The monoisotopic (exact) mass is 746 g/mol. The molecular weight excluding hydrogens is 717 g/mol. The molecule has 57 heavy (non-hydrogen) atoms. The molecule has 4 aromatic heterocycles. The maximum Gasteiger partial charge on any atom is 0.167 e. The van der Waals surface area contributed by atoms with Crippen LogP contribution < -0.4 is 0 Å². The maximum absolute atomic E-state index is 6.43. The van der Waals surface area contributed by atoms with Crippen molar-refractivity contribution in [3.05, 3.63) is 182 Å². The summed E-state index contributed by atoms with van der Waals surface area (Å²) in [7, 11) is 0. The highest BCUT2D eigenvalue weighted by Crippen LogP contribution is 2.43. The predicted molar refractivity (Wildman–Crippen MR) is 236 cm³/mol. The minimum Gasteiger partial charge on any atom is -0.455 e. The number of furan rings is 1. The number of rotatable bonds is 5. The van der Waals surface area contributed by atoms with E-state index in [2.05, 4.69) is 126 Å². The molecule has 0 radical (unpaired) electrons. The Hall–Kier alpha value is -7.41. The van der Waals surface area contributed by atoms with Crippen molar-refractivity contribution in [1.82, 2.24) is 19.5 Å². The van der Waals surface area contributed by atoms with Gasteiger partial charge in [-0.1, -0.05) is 133 Å². The second kappa shape index (κ2) is 12.6. The smallest absolute Gasteiger partial charge is 0.167 e. The average Bonchev–Trinajstić information content (AvgIpc) is 3.96. The molecule has 8 aromatic carbocycles. The molecule has 6 heteroatoms. The van der Waals surface area contributed by atoms with Gasteiger partial charge in [-0.25, -0.2) is 15.0 Å². The lowest BCUT2D eigenvalue weighted by Gasteiger charge is -2.09. The standard InChI is InChI=1S/C51H30N4OS/c1-3-13-31(14-4-1)49-52-50(54-51(53-49)41-21-11-20-39-36-17-8-10-24-44(36)56-48(39)41)33-26-28-38-37-27-25-32(29-45(37)57-46(38)30-33)35-19-12-23-43-47(35)40-18-7-9-22-42(40)55(43)34-15-5-2-6-16-34/h1-30H. The molecule has 0 aliphatic rings. The first-order chi connectivity index (χ1) is 28.2. The number of hydrogen-bond acceptors (Lipinski definition) is 5. The van der Waals surface area contributed by atoms with E-state index in [1.165, 1.54) is 53.1 Å². The van der Waals surface area contributed by atoms with Crippen molar-refractivity contribution in [1.29, 1.82) is 0 Å². The first-order valence-corrected chi connectivity index (χ1v) is 19.8. The zero-order valence-electron chi connectivity index (χ0n) is 30.4. The summed E-state index contributed by atoms with van der Waals surface area (Å²) in [6.07, 6.45) is 0. The van der Waals surface area contributed by atoms with Crippen LogP contribution in [0, 0.1) is 0 Å². The maximum atomic E-state index is 6.43. The topological polar surface area (TPSA) is 56.7 Å². The highest BCUT2D eigenvalue weighted by molar-refractivity contribution is 7.25. The molecule has 5 nitrogen and oxygen atoms in total. The van der Waals surface area contributed by atoms with Crippen molar-refractivity contribution in [3.63, 3.8) is 0 Å². The summed E-state index contributed by atoms with van der Waals surface area (Å²) >= 11 is 1.80. The van der Waals surface area contributed by atoms with E-state index in [-0.39, 0.29) is 0 Å². The first-order valence-electron chi connectivity index (χ1n) is 19.0. The van der Waals surface area contributed by atoms with Crippen LogP contribution >= 0.6 is 11.3 Å². The van der Waals surface area contributed by atoms with Gasteiger partial charge in [-0.15, -0.1) is 11.3 Å². The van der Waals surface area contributed by atoms with Gasteiger partial charge < -0.3 is 8.98 Å². The van der Waals surface area contributed by atoms with E-state index < -0.39 is 0 Å². The van der Waals surface area contributed by atoms with E-state index in [1.807, 2.05) is 60.7 Å². The first kappa shape index (κ1) is 31.9. The molecule has 0 spiro atoms. The fourth-order valence-corrected chi connectivity index (χ4v) is 9.65. The summed E-state index contributed by atoms with van der Waals surface area (Å²) in [4.78, 5) is 15.2. The molecule has 266 valence electrons. The van der Waals surface area contributed by atoms with Gasteiger partial charge in [0.05, 0.1) is 16.6 Å². The lowest BCUT2D eigenvalue weighted by atomic mass is 9.98. The summed E-state index contributed by atoms with van der Waals surface area (Å²) in [5.41, 5.74) is 10.3. The summed E-state index contributed by atoms with van der Waals surface area (Å²) in [6, 6.07) is 63.9. The van der Waals surface area contributed by atoms with Crippen LogP contribution in [0.2, 0.25) is 0 Å². The third-order valence-corrected chi connectivity index (χ3v) is 12.2. The highest BCUT2D eigenvalue weighted by atomic mass is 32.1. The highest BCUT2D eigenvalue weighted by Gasteiger charge is 2.20. The van der Waals surface area contributed by atoms with Crippen molar-refractivity contribution in [2.75, 3.05) is 0 Å². The van der Waals surface area contributed by atoms with E-state index in [4.69, 9.17) is 19.4 Å². The second-order valence-electron chi connectivity index (χ2n) is 14.4. The van der Waals surface area contributed by atoms with Gasteiger partial charge in [0.15, 0.2) is 17.5 Å². The largest absolute Gasteiger partial charge is 0.455 e. The fourth-order valence-electron chi connectivity index (χ4n) is 8.46. The molecule has 12 aromatic rings. The van der Waals surface area contributed by atoms with Gasteiger partial charge >= 0.3 is 0 Å². The molecule has 0 aliphatic carbocycles. The SMILES string of the molecule is c1ccc(-c2nc(-c3ccc4c(c3)sc3cc(-c5cccc6c5c5ccccc5n6-c5ccccc5)ccc34)nc(-c3cccc4c3oc3ccccc34)n2)cc1. The van der Waals surface area contributed by atoms with E-state index in [0.717, 1.165) is 44.3 Å². The van der Waals surface area contributed by atoms with Crippen molar-refractivity contribution in [2.45, 2.75) is 0 Å². The molecule has 0 N–H and O–H groups in total. The fraction of sp³-hybridized carbons (Fsp3) is 0. The van der Waals surface area contributed by atoms with E-state index in [9.17, 15) is 0 Å². The van der Waals surface area contributed by atoms with Crippen LogP contribution in [-0.2, 0) is 0 Å². The Morgan fingerprint density at radius 3 is 1.82 bits per heavy atom. The Morgan fingerprint density at radius 1 is 0.404 bits per heavy atom. The Bertz CT molecular complexity index is 3530. The molecule has 0 atom stereocenters. The van der Waals surface area contributed by atoms with E-state index in [0.29, 0.717) is 17.5 Å². The van der Waals surface area contributed by atoms with E-state index in [1.54, 1.807) is 11.3 Å². The van der Waals surface area contributed by atoms with Crippen LogP contribution in [0.15, 0.2) is 186 Å². The van der Waals surface area contributed by atoms with E-state index >= 15 is 0 Å². The van der Waals surface area contributed by atoms with Gasteiger partial charge in [0.1, 0.15) is 11.2 Å². The molecule has 0 fully saturated rings. The van der Waals surface area contributed by atoms with Crippen LogP contribution in [0.4, 0.5) is 0 Å². The number of fused-ring (bicyclic) bond motifs is 9. The number of hydrogen-bond donors (Lipinski definition) is 0. The van der Waals surface area contributed by atoms with Gasteiger partial charge in [-0.05, 0) is 59.7 Å². The summed E-state index contributed by atoms with van der Waals surface area (Å²) in [5.74, 6) is 1.81. The third-order valence-electron chi connectivity index (χ3n) is 11.1. The minimum atomic E-state index is 0.576. The van der Waals surface area contributed by atoms with Gasteiger partial charge in [0.2, 0.25) is 0 Å². The molecule has 0 saturated carbocycles. The van der Waals surface area contributed by atoms with Crippen molar-refractivity contribution in [2.24, 2.45) is 0 Å². The zero-order valence-corrected chi connectivity index (χ0v) is 31.2. The lowest BCUT2D eigenvalue weighted by molar-refractivity contribution is 0.669. The zero-order chi connectivity index (χ0) is 37.5. The lowest BCUT2D eigenvalue weighted by Crippen LogP contribution is -2.00. The van der Waals surface area contributed by atoms with Crippen LogP contribution in [0.25, 0.3) is 115 Å². The Labute approximate surface area is 330 Å². The third kappa shape index (κ3) is 5.04. The molecule has 0 aliphatic heterocycles. The number of thiophene rings is 1. The number of aromatic nitrogens is 4. The number of benzene rings is 8. The molecule has 0 saturated heterocycles. The van der Waals surface area contributed by atoms with Crippen molar-refractivity contribution < 1.29 is 4.42 Å². The summed E-state index contributed by atoms with van der Waals surface area (Å²) in [6.45, 7) is 0.